The molecule has 1 aliphatic rings. The van der Waals surface area contributed by atoms with Gasteiger partial charge in [0, 0.05) is 18.2 Å². The van der Waals surface area contributed by atoms with Crippen molar-refractivity contribution < 1.29 is 4.79 Å². The summed E-state index contributed by atoms with van der Waals surface area (Å²) in [5, 5.41) is 6.60. The maximum atomic E-state index is 12.2. The minimum absolute atomic E-state index is 0.0420. The zero-order valence-corrected chi connectivity index (χ0v) is 11.9. The molecule has 1 fully saturated rings. The van der Waals surface area contributed by atoms with Crippen molar-refractivity contribution in [1.29, 1.82) is 0 Å². The van der Waals surface area contributed by atoms with Gasteiger partial charge in [-0.2, -0.15) is 0 Å². The van der Waals surface area contributed by atoms with E-state index in [1.165, 1.54) is 19.3 Å². The van der Waals surface area contributed by atoms with E-state index < -0.39 is 0 Å². The minimum atomic E-state index is 0.0420. The molecule has 0 radical (unpaired) electrons. The molecule has 1 aliphatic heterocycles. The van der Waals surface area contributed by atoms with Gasteiger partial charge in [0.15, 0.2) is 0 Å². The topological polar surface area (TPSA) is 41.1 Å². The second-order valence-corrected chi connectivity index (χ2v) is 5.40. The third kappa shape index (κ3) is 3.57. The van der Waals surface area contributed by atoms with Gasteiger partial charge in [-0.3, -0.25) is 4.79 Å². The first-order valence-corrected chi connectivity index (χ1v) is 7.29. The third-order valence-electron chi connectivity index (χ3n) is 4.12. The Morgan fingerprint density at radius 1 is 1.42 bits per heavy atom. The highest BCUT2D eigenvalue weighted by Gasteiger charge is 2.23. The van der Waals surface area contributed by atoms with Gasteiger partial charge in [-0.1, -0.05) is 31.5 Å². The molecule has 0 aliphatic carbocycles. The zero-order chi connectivity index (χ0) is 13.7. The Labute approximate surface area is 115 Å². The van der Waals surface area contributed by atoms with Crippen molar-refractivity contribution in [1.82, 2.24) is 10.6 Å². The molecule has 19 heavy (non-hydrogen) atoms. The number of benzene rings is 1. The molecule has 0 aromatic heterocycles. The van der Waals surface area contributed by atoms with Crippen molar-refractivity contribution >= 4 is 5.91 Å². The largest absolute Gasteiger partial charge is 0.350 e. The van der Waals surface area contributed by atoms with E-state index in [2.05, 4.69) is 17.6 Å². The van der Waals surface area contributed by atoms with E-state index in [1.54, 1.807) is 0 Å². The van der Waals surface area contributed by atoms with Gasteiger partial charge in [-0.15, -0.1) is 0 Å². The van der Waals surface area contributed by atoms with E-state index in [1.807, 2.05) is 31.2 Å². The minimum Gasteiger partial charge on any atom is -0.350 e. The molecule has 0 bridgehead atoms. The van der Waals surface area contributed by atoms with Crippen molar-refractivity contribution in [2.45, 2.75) is 39.2 Å². The first kappa shape index (κ1) is 14.1. The van der Waals surface area contributed by atoms with Gasteiger partial charge >= 0.3 is 0 Å². The number of piperidine rings is 1. The van der Waals surface area contributed by atoms with Crippen LogP contribution in [0, 0.1) is 12.8 Å². The Balaban J connectivity index is 1.91. The predicted octanol–water partition coefficient (Wildman–Crippen LogP) is 2.50. The number of carbonyl (C=O) groups excluding carboxylic acids is 1. The molecule has 3 nitrogen and oxygen atoms in total. The first-order valence-electron chi connectivity index (χ1n) is 7.29. The smallest absolute Gasteiger partial charge is 0.251 e. The lowest BCUT2D eigenvalue weighted by atomic mass is 9.88. The summed E-state index contributed by atoms with van der Waals surface area (Å²) in [4.78, 5) is 12.2. The fourth-order valence-electron chi connectivity index (χ4n) is 2.87. The Morgan fingerprint density at radius 3 is 2.95 bits per heavy atom. The average Bonchev–Trinajstić information content (AvgIpc) is 2.45. The number of carbonyl (C=O) groups is 1. The summed E-state index contributed by atoms with van der Waals surface area (Å²) in [6.07, 6.45) is 3.70. The Morgan fingerprint density at radius 2 is 2.21 bits per heavy atom. The number of hydrogen-bond acceptors (Lipinski definition) is 2. The van der Waals surface area contributed by atoms with Crippen LogP contribution in [0.2, 0.25) is 0 Å². The van der Waals surface area contributed by atoms with E-state index in [0.717, 1.165) is 24.2 Å². The molecule has 3 heteroatoms. The summed E-state index contributed by atoms with van der Waals surface area (Å²) in [6, 6.07) is 8.16. The number of amides is 1. The molecule has 0 spiro atoms. The van der Waals surface area contributed by atoms with Crippen LogP contribution in [0.15, 0.2) is 24.3 Å². The van der Waals surface area contributed by atoms with Crippen LogP contribution in [0.5, 0.6) is 0 Å². The molecule has 1 amide bonds. The molecule has 0 saturated carbocycles. The van der Waals surface area contributed by atoms with Crippen molar-refractivity contribution in [3.05, 3.63) is 35.4 Å². The van der Waals surface area contributed by atoms with Gasteiger partial charge < -0.3 is 10.6 Å². The lowest BCUT2D eigenvalue weighted by molar-refractivity contribution is 0.0941. The van der Waals surface area contributed by atoms with Crippen LogP contribution in [-0.2, 0) is 0 Å². The number of rotatable bonds is 4. The van der Waals surface area contributed by atoms with E-state index >= 15 is 0 Å². The number of hydrogen-bond donors (Lipinski definition) is 2. The standard InChI is InChI=1S/C16H24N2O/c1-3-13-8-6-10-17-15(13)11-18-16(19)14-9-5-4-7-12(14)2/h4-5,7,9,13,15,17H,3,6,8,10-11H2,1-2H3,(H,18,19). The second kappa shape index (κ2) is 6.71. The van der Waals surface area contributed by atoms with Crippen LogP contribution < -0.4 is 10.6 Å². The molecular weight excluding hydrogens is 236 g/mol. The molecule has 2 unspecified atom stereocenters. The number of aryl methyl sites for hydroxylation is 1. The number of nitrogens with one attached hydrogen (secondary N) is 2. The molecule has 104 valence electrons. The molecule has 2 N–H and O–H groups in total. The van der Waals surface area contributed by atoms with Crippen LogP contribution in [0.3, 0.4) is 0 Å². The van der Waals surface area contributed by atoms with Gasteiger partial charge in [0.05, 0.1) is 0 Å². The van der Waals surface area contributed by atoms with Crippen LogP contribution >= 0.6 is 0 Å². The molecule has 1 heterocycles. The predicted molar refractivity (Wildman–Crippen MR) is 78.3 cm³/mol. The fourth-order valence-corrected chi connectivity index (χ4v) is 2.87. The third-order valence-corrected chi connectivity index (χ3v) is 4.12. The Bertz CT molecular complexity index is 431. The van der Waals surface area contributed by atoms with Gasteiger partial charge in [-0.25, -0.2) is 0 Å². The summed E-state index contributed by atoms with van der Waals surface area (Å²) in [7, 11) is 0. The van der Waals surface area contributed by atoms with Crippen molar-refractivity contribution in [3.8, 4) is 0 Å². The summed E-state index contributed by atoms with van der Waals surface area (Å²) in [5.74, 6) is 0.728. The van der Waals surface area contributed by atoms with Crippen LogP contribution in [0.4, 0.5) is 0 Å². The summed E-state index contributed by atoms with van der Waals surface area (Å²) in [5.41, 5.74) is 1.81. The van der Waals surface area contributed by atoms with E-state index in [-0.39, 0.29) is 5.91 Å². The lowest BCUT2D eigenvalue weighted by Gasteiger charge is -2.32. The Kier molecular flexibility index (Phi) is 4.97. The van der Waals surface area contributed by atoms with E-state index in [4.69, 9.17) is 0 Å². The van der Waals surface area contributed by atoms with E-state index in [9.17, 15) is 4.79 Å². The van der Waals surface area contributed by atoms with E-state index in [0.29, 0.717) is 12.0 Å². The Hall–Kier alpha value is -1.35. The van der Waals surface area contributed by atoms with Gasteiger partial charge in [0.25, 0.3) is 5.91 Å². The molecule has 1 aromatic carbocycles. The zero-order valence-electron chi connectivity index (χ0n) is 11.9. The normalized spacial score (nSPS) is 23.1. The highest BCUT2D eigenvalue weighted by Crippen LogP contribution is 2.19. The molecular formula is C16H24N2O. The average molecular weight is 260 g/mol. The lowest BCUT2D eigenvalue weighted by Crippen LogP contribution is -2.48. The molecule has 1 aromatic rings. The monoisotopic (exact) mass is 260 g/mol. The van der Waals surface area contributed by atoms with Gasteiger partial charge in [-0.05, 0) is 43.9 Å². The quantitative estimate of drug-likeness (QED) is 0.873. The SMILES string of the molecule is CCC1CCCNC1CNC(=O)c1ccccc1C. The first-order chi connectivity index (χ1) is 9.22. The van der Waals surface area contributed by atoms with Crippen molar-refractivity contribution in [2.75, 3.05) is 13.1 Å². The van der Waals surface area contributed by atoms with Crippen LogP contribution in [-0.4, -0.2) is 25.0 Å². The second-order valence-electron chi connectivity index (χ2n) is 5.40. The maximum Gasteiger partial charge on any atom is 0.251 e. The van der Waals surface area contributed by atoms with Gasteiger partial charge in [0.1, 0.15) is 0 Å². The summed E-state index contributed by atoms with van der Waals surface area (Å²) >= 11 is 0. The summed E-state index contributed by atoms with van der Waals surface area (Å²) < 4.78 is 0. The molecule has 2 rings (SSSR count). The van der Waals surface area contributed by atoms with Crippen LogP contribution in [0.1, 0.15) is 42.1 Å². The van der Waals surface area contributed by atoms with Crippen molar-refractivity contribution in [2.24, 2.45) is 5.92 Å². The van der Waals surface area contributed by atoms with Gasteiger partial charge in [0.2, 0.25) is 0 Å². The maximum absolute atomic E-state index is 12.2. The summed E-state index contributed by atoms with van der Waals surface area (Å²) in [6.45, 7) is 6.00. The van der Waals surface area contributed by atoms with Crippen molar-refractivity contribution in [3.63, 3.8) is 0 Å². The highest BCUT2D eigenvalue weighted by atomic mass is 16.1. The van der Waals surface area contributed by atoms with Crippen LogP contribution in [0.25, 0.3) is 0 Å². The molecule has 1 saturated heterocycles. The molecule has 2 atom stereocenters. The highest BCUT2D eigenvalue weighted by molar-refractivity contribution is 5.95. The fraction of sp³-hybridized carbons (Fsp3) is 0.562.